The molecule has 0 bridgehead atoms. The Morgan fingerprint density at radius 3 is 2.46 bits per heavy atom. The molecule has 2 aromatic rings. The van der Waals surface area contributed by atoms with Crippen LogP contribution in [0.25, 0.3) is 0 Å². The Kier molecular flexibility index (Phi) is 5.98. The van der Waals surface area contributed by atoms with E-state index in [4.69, 9.17) is 4.74 Å². The Bertz CT molecular complexity index is 798. The monoisotopic (exact) mass is 347 g/mol. The quantitative estimate of drug-likeness (QED) is 0.781. The third kappa shape index (κ3) is 5.70. The molecule has 0 saturated heterocycles. The number of aryl methyl sites for hydroxylation is 1. The number of carbonyl (C=O) groups is 1. The van der Waals surface area contributed by atoms with Crippen LogP contribution in [0.2, 0.25) is 0 Å². The number of nitrogens with one attached hydrogen (secondary N) is 1. The van der Waals surface area contributed by atoms with Gasteiger partial charge in [-0.2, -0.15) is 0 Å². The standard InChI is InChI=1S/C18H21NO4S/c1-14-5-3-6-16(13-14)23-12-4-7-18(20)19-15-8-10-17(11-9-15)24(2,21)22/h3,5-6,8-11,13H,4,7,12H2,1-2H3,(H,19,20). The summed E-state index contributed by atoms with van der Waals surface area (Å²) < 4.78 is 28.3. The van der Waals surface area contributed by atoms with E-state index in [1.165, 1.54) is 12.1 Å². The van der Waals surface area contributed by atoms with Gasteiger partial charge < -0.3 is 10.1 Å². The molecule has 0 heterocycles. The van der Waals surface area contributed by atoms with Gasteiger partial charge in [-0.25, -0.2) is 8.42 Å². The number of hydrogen-bond acceptors (Lipinski definition) is 4. The van der Waals surface area contributed by atoms with Gasteiger partial charge in [0.1, 0.15) is 5.75 Å². The number of carbonyl (C=O) groups excluding carboxylic acids is 1. The smallest absolute Gasteiger partial charge is 0.224 e. The van der Waals surface area contributed by atoms with E-state index < -0.39 is 9.84 Å². The highest BCUT2D eigenvalue weighted by molar-refractivity contribution is 7.90. The van der Waals surface area contributed by atoms with Crippen LogP contribution in [-0.2, 0) is 14.6 Å². The third-order valence-corrected chi connectivity index (χ3v) is 4.50. The summed E-state index contributed by atoms with van der Waals surface area (Å²) in [6.45, 7) is 2.46. The number of anilines is 1. The average Bonchev–Trinajstić information content (AvgIpc) is 2.51. The molecule has 24 heavy (non-hydrogen) atoms. The summed E-state index contributed by atoms with van der Waals surface area (Å²) in [5.41, 5.74) is 1.70. The normalized spacial score (nSPS) is 11.1. The van der Waals surface area contributed by atoms with Crippen LogP contribution in [0.15, 0.2) is 53.4 Å². The number of ether oxygens (including phenoxy) is 1. The van der Waals surface area contributed by atoms with E-state index >= 15 is 0 Å². The zero-order chi connectivity index (χ0) is 17.6. The molecule has 0 atom stereocenters. The molecule has 0 aromatic heterocycles. The second kappa shape index (κ2) is 7.97. The lowest BCUT2D eigenvalue weighted by molar-refractivity contribution is -0.116. The van der Waals surface area contributed by atoms with Crippen LogP contribution in [0.1, 0.15) is 18.4 Å². The van der Waals surface area contributed by atoms with Crippen LogP contribution in [-0.4, -0.2) is 27.2 Å². The first-order valence-electron chi connectivity index (χ1n) is 7.64. The predicted octanol–water partition coefficient (Wildman–Crippen LogP) is 3.20. The fraction of sp³-hybridized carbons (Fsp3) is 0.278. The Morgan fingerprint density at radius 2 is 1.83 bits per heavy atom. The highest BCUT2D eigenvalue weighted by Crippen LogP contribution is 2.15. The van der Waals surface area contributed by atoms with Crippen molar-refractivity contribution in [1.82, 2.24) is 0 Å². The van der Waals surface area contributed by atoms with Crippen molar-refractivity contribution in [3.8, 4) is 5.75 Å². The first-order valence-corrected chi connectivity index (χ1v) is 9.53. The van der Waals surface area contributed by atoms with Crippen LogP contribution in [0.3, 0.4) is 0 Å². The van der Waals surface area contributed by atoms with Gasteiger partial charge in [-0.05, 0) is 55.3 Å². The summed E-state index contributed by atoms with van der Waals surface area (Å²) in [6, 6.07) is 13.9. The van der Waals surface area contributed by atoms with E-state index in [0.29, 0.717) is 25.1 Å². The maximum absolute atomic E-state index is 11.9. The zero-order valence-electron chi connectivity index (χ0n) is 13.8. The van der Waals surface area contributed by atoms with E-state index in [1.54, 1.807) is 12.1 Å². The fourth-order valence-electron chi connectivity index (χ4n) is 2.14. The van der Waals surface area contributed by atoms with Crippen LogP contribution in [0.4, 0.5) is 5.69 Å². The van der Waals surface area contributed by atoms with Gasteiger partial charge >= 0.3 is 0 Å². The number of sulfone groups is 1. The molecular formula is C18H21NO4S. The molecule has 0 radical (unpaired) electrons. The van der Waals surface area contributed by atoms with E-state index in [2.05, 4.69) is 5.32 Å². The number of rotatable bonds is 7. The van der Waals surface area contributed by atoms with E-state index in [9.17, 15) is 13.2 Å². The molecule has 0 aliphatic rings. The molecule has 5 nitrogen and oxygen atoms in total. The molecule has 0 aliphatic heterocycles. The van der Waals surface area contributed by atoms with Gasteiger partial charge in [-0.1, -0.05) is 12.1 Å². The third-order valence-electron chi connectivity index (χ3n) is 3.37. The summed E-state index contributed by atoms with van der Waals surface area (Å²) >= 11 is 0. The lowest BCUT2D eigenvalue weighted by Crippen LogP contribution is -2.13. The molecule has 0 aliphatic carbocycles. The Hall–Kier alpha value is -2.34. The van der Waals surface area contributed by atoms with Crippen LogP contribution in [0.5, 0.6) is 5.75 Å². The van der Waals surface area contributed by atoms with Crippen LogP contribution >= 0.6 is 0 Å². The first kappa shape index (κ1) is 18.0. The maximum Gasteiger partial charge on any atom is 0.224 e. The summed E-state index contributed by atoms with van der Waals surface area (Å²) in [6.07, 6.45) is 2.08. The van der Waals surface area contributed by atoms with Crippen molar-refractivity contribution in [2.24, 2.45) is 0 Å². The molecule has 128 valence electrons. The summed E-state index contributed by atoms with van der Waals surface area (Å²) in [5, 5.41) is 2.74. The number of hydrogen-bond donors (Lipinski definition) is 1. The zero-order valence-corrected chi connectivity index (χ0v) is 14.6. The lowest BCUT2D eigenvalue weighted by Gasteiger charge is -2.08. The maximum atomic E-state index is 11.9. The van der Waals surface area contributed by atoms with Gasteiger partial charge in [0.25, 0.3) is 0 Å². The predicted molar refractivity (Wildman–Crippen MR) is 94.1 cm³/mol. The van der Waals surface area contributed by atoms with Crippen molar-refractivity contribution in [2.45, 2.75) is 24.7 Å². The summed E-state index contributed by atoms with van der Waals surface area (Å²) in [7, 11) is -3.22. The van der Waals surface area contributed by atoms with Gasteiger partial charge in [-0.15, -0.1) is 0 Å². The second-order valence-corrected chi connectivity index (χ2v) is 7.63. The van der Waals surface area contributed by atoms with Gasteiger partial charge in [0, 0.05) is 18.4 Å². The molecule has 2 aromatic carbocycles. The Labute approximate surface area is 142 Å². The molecule has 0 unspecified atom stereocenters. The van der Waals surface area contributed by atoms with Gasteiger partial charge in [0.05, 0.1) is 11.5 Å². The molecular weight excluding hydrogens is 326 g/mol. The number of benzene rings is 2. The Morgan fingerprint density at radius 1 is 1.12 bits per heavy atom. The van der Waals surface area contributed by atoms with Crippen molar-refractivity contribution in [1.29, 1.82) is 0 Å². The molecule has 0 saturated carbocycles. The number of amides is 1. The fourth-order valence-corrected chi connectivity index (χ4v) is 2.77. The van der Waals surface area contributed by atoms with Crippen molar-refractivity contribution in [2.75, 3.05) is 18.2 Å². The molecule has 1 amide bonds. The minimum atomic E-state index is -3.22. The topological polar surface area (TPSA) is 72.5 Å². The molecule has 0 fully saturated rings. The summed E-state index contributed by atoms with van der Waals surface area (Å²) in [5.74, 6) is 0.668. The lowest BCUT2D eigenvalue weighted by atomic mass is 10.2. The minimum Gasteiger partial charge on any atom is -0.494 e. The molecule has 0 spiro atoms. The van der Waals surface area contributed by atoms with Gasteiger partial charge in [0.2, 0.25) is 5.91 Å². The minimum absolute atomic E-state index is 0.130. The van der Waals surface area contributed by atoms with Crippen LogP contribution < -0.4 is 10.1 Å². The van der Waals surface area contributed by atoms with Gasteiger partial charge in [0.15, 0.2) is 9.84 Å². The SMILES string of the molecule is Cc1cccc(OCCCC(=O)Nc2ccc(S(C)(=O)=O)cc2)c1. The molecule has 2 rings (SSSR count). The van der Waals surface area contributed by atoms with Crippen molar-refractivity contribution in [3.63, 3.8) is 0 Å². The van der Waals surface area contributed by atoms with E-state index in [-0.39, 0.29) is 10.8 Å². The summed E-state index contributed by atoms with van der Waals surface area (Å²) in [4.78, 5) is 12.1. The highest BCUT2D eigenvalue weighted by Gasteiger charge is 2.07. The average molecular weight is 347 g/mol. The highest BCUT2D eigenvalue weighted by atomic mass is 32.2. The Balaban J connectivity index is 1.75. The molecule has 6 heteroatoms. The van der Waals surface area contributed by atoms with E-state index in [1.807, 2.05) is 31.2 Å². The second-order valence-electron chi connectivity index (χ2n) is 5.61. The van der Waals surface area contributed by atoms with Crippen LogP contribution in [0, 0.1) is 6.92 Å². The van der Waals surface area contributed by atoms with Gasteiger partial charge in [-0.3, -0.25) is 4.79 Å². The first-order chi connectivity index (χ1) is 11.3. The largest absolute Gasteiger partial charge is 0.494 e. The van der Waals surface area contributed by atoms with E-state index in [0.717, 1.165) is 17.6 Å². The van der Waals surface area contributed by atoms with Crippen molar-refractivity contribution >= 4 is 21.4 Å². The molecule has 1 N–H and O–H groups in total. The van der Waals surface area contributed by atoms with Crippen molar-refractivity contribution in [3.05, 3.63) is 54.1 Å². The van der Waals surface area contributed by atoms with Crippen molar-refractivity contribution < 1.29 is 17.9 Å².